The van der Waals surface area contributed by atoms with Crippen LogP contribution in [0.5, 0.6) is 0 Å². The third-order valence-electron chi connectivity index (χ3n) is 3.64. The lowest BCUT2D eigenvalue weighted by Crippen LogP contribution is -2.38. The van der Waals surface area contributed by atoms with E-state index in [-0.39, 0.29) is 13.2 Å². The van der Waals surface area contributed by atoms with Crippen LogP contribution in [0.4, 0.5) is 4.79 Å². The van der Waals surface area contributed by atoms with Gasteiger partial charge in [-0.3, -0.25) is 9.59 Å². The van der Waals surface area contributed by atoms with Gasteiger partial charge in [0.15, 0.2) is 12.2 Å². The van der Waals surface area contributed by atoms with Crippen LogP contribution in [0.2, 0.25) is 0 Å². The zero-order valence-electron chi connectivity index (χ0n) is 11.5. The van der Waals surface area contributed by atoms with Crippen molar-refractivity contribution in [3.63, 3.8) is 0 Å². The summed E-state index contributed by atoms with van der Waals surface area (Å²) in [6, 6.07) is 0. The quantitative estimate of drug-likeness (QED) is 0.409. The van der Waals surface area contributed by atoms with Crippen molar-refractivity contribution in [2.45, 2.75) is 38.3 Å². The van der Waals surface area contributed by atoms with Crippen LogP contribution in [0, 0.1) is 0 Å². The molecule has 0 aliphatic carbocycles. The summed E-state index contributed by atoms with van der Waals surface area (Å²) in [6.07, 6.45) is -2.90. The first-order valence-corrected chi connectivity index (χ1v) is 6.48. The number of carbonyl (C=O) groups excluding carboxylic acids is 3. The molecule has 2 bridgehead atoms. The van der Waals surface area contributed by atoms with Crippen LogP contribution in [0.25, 0.3) is 0 Å². The molecule has 2 saturated heterocycles. The van der Waals surface area contributed by atoms with E-state index in [4.69, 9.17) is 23.7 Å². The second-order valence-electron chi connectivity index (χ2n) is 5.00. The van der Waals surface area contributed by atoms with E-state index in [2.05, 4.69) is 0 Å². The highest BCUT2D eigenvalue weighted by Crippen LogP contribution is 2.45. The first-order chi connectivity index (χ1) is 9.97. The summed E-state index contributed by atoms with van der Waals surface area (Å²) >= 11 is 0. The van der Waals surface area contributed by atoms with Gasteiger partial charge in [0.1, 0.15) is 25.4 Å². The van der Waals surface area contributed by atoms with Gasteiger partial charge in [-0.15, -0.1) is 0 Å². The summed E-state index contributed by atoms with van der Waals surface area (Å²) in [6.45, 7) is 2.60. The summed E-state index contributed by atoms with van der Waals surface area (Å²) in [5, 5.41) is 0. The van der Waals surface area contributed by atoms with E-state index in [1.54, 1.807) is 0 Å². The van der Waals surface area contributed by atoms with Gasteiger partial charge < -0.3 is 23.7 Å². The van der Waals surface area contributed by atoms with Gasteiger partial charge in [-0.25, -0.2) is 4.79 Å². The topological polar surface area (TPSA) is 97.4 Å². The van der Waals surface area contributed by atoms with Gasteiger partial charge in [0.05, 0.1) is 0 Å². The van der Waals surface area contributed by atoms with Gasteiger partial charge in [0.25, 0.3) is 0 Å². The standard InChI is InChI=1S/C13H14O8/c1-5(14)17-3-7-8(4-18-6(2)15)10-12-11(9(7)19-10)20-13(16)21-12/h9-12H,3-4H2,1-2H3/t9-,10+,11-,12+. The van der Waals surface area contributed by atoms with Crippen molar-refractivity contribution in [3.05, 3.63) is 11.1 Å². The van der Waals surface area contributed by atoms with E-state index in [0.29, 0.717) is 11.1 Å². The van der Waals surface area contributed by atoms with Crippen LogP contribution in [-0.2, 0) is 33.3 Å². The largest absolute Gasteiger partial charge is 0.509 e. The zero-order valence-corrected chi connectivity index (χ0v) is 11.5. The molecular formula is C13H14O8. The Kier molecular flexibility index (Phi) is 3.32. The van der Waals surface area contributed by atoms with Crippen molar-refractivity contribution in [1.29, 1.82) is 0 Å². The summed E-state index contributed by atoms with van der Waals surface area (Å²) < 4.78 is 25.8. The molecule has 0 unspecified atom stereocenters. The van der Waals surface area contributed by atoms with E-state index >= 15 is 0 Å². The second-order valence-corrected chi connectivity index (χ2v) is 5.00. The van der Waals surface area contributed by atoms with Crippen LogP contribution in [0.1, 0.15) is 13.8 Å². The Balaban J connectivity index is 1.82. The SMILES string of the molecule is CC(=O)OCC1=C(COC(C)=O)[C@@H]2O[C@H]1[C@H]1OC(=O)O[C@H]12. The van der Waals surface area contributed by atoms with Gasteiger partial charge in [-0.2, -0.15) is 0 Å². The molecule has 3 rings (SSSR count). The molecule has 114 valence electrons. The Morgan fingerprint density at radius 3 is 1.76 bits per heavy atom. The summed E-state index contributed by atoms with van der Waals surface area (Å²) in [5.41, 5.74) is 1.33. The maximum absolute atomic E-state index is 11.2. The zero-order chi connectivity index (χ0) is 15.1. The predicted molar refractivity (Wildman–Crippen MR) is 64.1 cm³/mol. The molecule has 8 nitrogen and oxygen atoms in total. The van der Waals surface area contributed by atoms with Crippen molar-refractivity contribution >= 4 is 18.1 Å². The highest BCUT2D eigenvalue weighted by molar-refractivity contribution is 5.67. The minimum absolute atomic E-state index is 0.00781. The lowest BCUT2D eigenvalue weighted by atomic mass is 9.88. The van der Waals surface area contributed by atoms with Crippen molar-refractivity contribution in [1.82, 2.24) is 0 Å². The lowest BCUT2D eigenvalue weighted by molar-refractivity contribution is -0.141. The third kappa shape index (κ3) is 2.35. The number of hydrogen-bond acceptors (Lipinski definition) is 8. The van der Waals surface area contributed by atoms with Gasteiger partial charge in [0, 0.05) is 25.0 Å². The summed E-state index contributed by atoms with van der Waals surface area (Å²) in [7, 11) is 0. The van der Waals surface area contributed by atoms with Gasteiger partial charge in [0.2, 0.25) is 0 Å². The number of ether oxygens (including phenoxy) is 5. The molecule has 0 aromatic carbocycles. The molecule has 0 aromatic rings. The molecule has 2 fully saturated rings. The molecule has 0 radical (unpaired) electrons. The molecule has 3 aliphatic heterocycles. The van der Waals surface area contributed by atoms with Crippen molar-refractivity contribution < 1.29 is 38.1 Å². The van der Waals surface area contributed by atoms with Crippen LogP contribution in [0.15, 0.2) is 11.1 Å². The molecule has 0 N–H and O–H groups in total. The fourth-order valence-electron chi connectivity index (χ4n) is 2.80. The fourth-order valence-corrected chi connectivity index (χ4v) is 2.80. The molecular weight excluding hydrogens is 284 g/mol. The molecule has 0 amide bonds. The smallest absolute Gasteiger partial charge is 0.461 e. The Morgan fingerprint density at radius 2 is 1.38 bits per heavy atom. The van der Waals surface area contributed by atoms with Gasteiger partial charge in [-0.05, 0) is 0 Å². The van der Waals surface area contributed by atoms with Gasteiger partial charge in [-0.1, -0.05) is 0 Å². The molecule has 3 aliphatic rings. The van der Waals surface area contributed by atoms with E-state index < -0.39 is 42.5 Å². The molecule has 4 atom stereocenters. The Labute approximate surface area is 119 Å². The maximum Gasteiger partial charge on any atom is 0.509 e. The first kappa shape index (κ1) is 13.9. The number of fused-ring (bicyclic) bond motifs is 5. The van der Waals surface area contributed by atoms with Crippen LogP contribution < -0.4 is 0 Å². The molecule has 21 heavy (non-hydrogen) atoms. The average molecular weight is 298 g/mol. The van der Waals surface area contributed by atoms with Crippen molar-refractivity contribution in [3.8, 4) is 0 Å². The highest BCUT2D eigenvalue weighted by Gasteiger charge is 2.61. The molecule has 0 spiro atoms. The van der Waals surface area contributed by atoms with E-state index in [1.165, 1.54) is 13.8 Å². The number of rotatable bonds is 4. The van der Waals surface area contributed by atoms with E-state index in [9.17, 15) is 14.4 Å². The van der Waals surface area contributed by atoms with Crippen LogP contribution >= 0.6 is 0 Å². The Hall–Kier alpha value is -2.09. The molecule has 8 heteroatoms. The van der Waals surface area contributed by atoms with Crippen LogP contribution in [-0.4, -0.2) is 55.7 Å². The minimum atomic E-state index is -0.746. The van der Waals surface area contributed by atoms with Crippen molar-refractivity contribution in [2.75, 3.05) is 13.2 Å². The van der Waals surface area contributed by atoms with E-state index in [1.807, 2.05) is 0 Å². The third-order valence-corrected chi connectivity index (χ3v) is 3.64. The monoisotopic (exact) mass is 298 g/mol. The van der Waals surface area contributed by atoms with Gasteiger partial charge >= 0.3 is 18.1 Å². The van der Waals surface area contributed by atoms with E-state index in [0.717, 1.165) is 0 Å². The van der Waals surface area contributed by atoms with Crippen LogP contribution in [0.3, 0.4) is 0 Å². The fraction of sp³-hybridized carbons (Fsp3) is 0.615. The molecule has 0 saturated carbocycles. The first-order valence-electron chi connectivity index (χ1n) is 6.48. The highest BCUT2D eigenvalue weighted by atomic mass is 16.8. The molecule has 3 heterocycles. The Bertz CT molecular complexity index is 492. The lowest BCUT2D eigenvalue weighted by Gasteiger charge is -2.22. The number of carbonyl (C=O) groups is 3. The predicted octanol–water partition coefficient (Wildman–Crippen LogP) is 0.0942. The average Bonchev–Trinajstić information content (AvgIpc) is 3.02. The minimum Gasteiger partial charge on any atom is -0.461 e. The Morgan fingerprint density at radius 1 is 0.952 bits per heavy atom. The maximum atomic E-state index is 11.2. The number of hydrogen-bond donors (Lipinski definition) is 0. The summed E-state index contributed by atoms with van der Waals surface area (Å²) in [4.78, 5) is 33.2. The second kappa shape index (κ2) is 5.03. The summed E-state index contributed by atoms with van der Waals surface area (Å²) in [5.74, 6) is -0.873. The number of esters is 2. The molecule has 0 aromatic heterocycles. The normalized spacial score (nSPS) is 32.6. The van der Waals surface area contributed by atoms with Crippen molar-refractivity contribution in [2.24, 2.45) is 0 Å².